The number of thioether (sulfide) groups is 1. The summed E-state index contributed by atoms with van der Waals surface area (Å²) in [6, 6.07) is 10.5. The third-order valence-corrected chi connectivity index (χ3v) is 2.76. The van der Waals surface area contributed by atoms with E-state index >= 15 is 0 Å². The molecule has 1 unspecified atom stereocenters. The van der Waals surface area contributed by atoms with E-state index in [0.717, 1.165) is 11.4 Å². The van der Waals surface area contributed by atoms with Crippen molar-refractivity contribution in [3.05, 3.63) is 29.8 Å². The van der Waals surface area contributed by atoms with Crippen molar-refractivity contribution >= 4 is 11.8 Å². The van der Waals surface area contributed by atoms with Crippen molar-refractivity contribution in [2.45, 2.75) is 23.6 Å². The van der Waals surface area contributed by atoms with Crippen molar-refractivity contribution < 1.29 is 0 Å². The maximum atomic E-state index is 8.69. The molecule has 0 radical (unpaired) electrons. The number of nitrogens with zero attached hydrogens (tertiary/aromatic N) is 1. The summed E-state index contributed by atoms with van der Waals surface area (Å²) in [5.74, 6) is 0. The molecule has 0 aliphatic rings. The first-order valence-corrected chi connectivity index (χ1v) is 5.44. The predicted molar refractivity (Wildman–Crippen MR) is 60.1 cm³/mol. The van der Waals surface area contributed by atoms with Gasteiger partial charge in [0.15, 0.2) is 0 Å². The van der Waals surface area contributed by atoms with Crippen LogP contribution in [0.2, 0.25) is 0 Å². The molecule has 0 aromatic heterocycles. The van der Waals surface area contributed by atoms with Gasteiger partial charge >= 0.3 is 0 Å². The van der Waals surface area contributed by atoms with Crippen LogP contribution in [0.25, 0.3) is 0 Å². The van der Waals surface area contributed by atoms with Crippen molar-refractivity contribution in [1.82, 2.24) is 5.32 Å². The van der Waals surface area contributed by atoms with E-state index in [9.17, 15) is 0 Å². The lowest BCUT2D eigenvalue weighted by Gasteiger charge is -2.05. The zero-order valence-corrected chi connectivity index (χ0v) is 9.27. The molecule has 1 N–H and O–H groups in total. The Morgan fingerprint density at radius 2 is 2.36 bits per heavy atom. The minimum Gasteiger partial charge on any atom is -0.316 e. The summed E-state index contributed by atoms with van der Waals surface area (Å²) in [7, 11) is 1.93. The lowest BCUT2D eigenvalue weighted by molar-refractivity contribution is 0.815. The minimum absolute atomic E-state index is 0.0137. The Balaban J connectivity index is 2.69. The van der Waals surface area contributed by atoms with Crippen LogP contribution in [0.1, 0.15) is 12.5 Å². The molecule has 0 aliphatic heterocycles. The molecule has 0 saturated heterocycles. The van der Waals surface area contributed by atoms with Crippen LogP contribution in [-0.4, -0.2) is 12.3 Å². The van der Waals surface area contributed by atoms with Crippen molar-refractivity contribution in [3.8, 4) is 6.07 Å². The average Bonchev–Trinajstić information content (AvgIpc) is 2.19. The van der Waals surface area contributed by atoms with E-state index in [0.29, 0.717) is 0 Å². The van der Waals surface area contributed by atoms with Gasteiger partial charge in [-0.2, -0.15) is 5.26 Å². The number of hydrogen-bond donors (Lipinski definition) is 1. The van der Waals surface area contributed by atoms with Crippen molar-refractivity contribution in [2.24, 2.45) is 0 Å². The summed E-state index contributed by atoms with van der Waals surface area (Å²) in [6.45, 7) is 2.78. The van der Waals surface area contributed by atoms with E-state index in [1.165, 1.54) is 5.56 Å². The predicted octanol–water partition coefficient (Wildman–Crippen LogP) is 2.41. The molecule has 1 atom stereocenters. The zero-order chi connectivity index (χ0) is 10.4. The topological polar surface area (TPSA) is 35.8 Å². The SMILES string of the molecule is CNCc1cccc(SC(C)C#N)c1. The highest BCUT2D eigenvalue weighted by molar-refractivity contribution is 8.00. The van der Waals surface area contributed by atoms with E-state index in [1.807, 2.05) is 26.1 Å². The highest BCUT2D eigenvalue weighted by Gasteiger charge is 2.02. The molecule has 2 nitrogen and oxygen atoms in total. The maximum Gasteiger partial charge on any atom is 0.0935 e. The van der Waals surface area contributed by atoms with Gasteiger partial charge in [0.25, 0.3) is 0 Å². The number of nitriles is 1. The molecule has 0 amide bonds. The lowest BCUT2D eigenvalue weighted by atomic mass is 10.2. The van der Waals surface area contributed by atoms with Crippen LogP contribution >= 0.6 is 11.8 Å². The van der Waals surface area contributed by atoms with Crippen LogP contribution in [0.4, 0.5) is 0 Å². The van der Waals surface area contributed by atoms with E-state index in [2.05, 4.69) is 23.5 Å². The zero-order valence-electron chi connectivity index (χ0n) is 8.45. The average molecular weight is 206 g/mol. The third kappa shape index (κ3) is 3.41. The second-order valence-corrected chi connectivity index (χ2v) is 4.48. The molecule has 14 heavy (non-hydrogen) atoms. The highest BCUT2D eigenvalue weighted by atomic mass is 32.2. The van der Waals surface area contributed by atoms with Crippen LogP contribution in [-0.2, 0) is 6.54 Å². The molecule has 0 spiro atoms. The fraction of sp³-hybridized carbons (Fsp3) is 0.364. The lowest BCUT2D eigenvalue weighted by Crippen LogP contribution is -2.04. The second-order valence-electron chi connectivity index (χ2n) is 3.07. The largest absolute Gasteiger partial charge is 0.316 e. The second kappa shape index (κ2) is 5.69. The Kier molecular flexibility index (Phi) is 4.51. The molecule has 0 aliphatic carbocycles. The number of hydrogen-bond acceptors (Lipinski definition) is 3. The number of rotatable bonds is 4. The molecule has 1 rings (SSSR count). The quantitative estimate of drug-likeness (QED) is 0.768. The first-order valence-electron chi connectivity index (χ1n) is 4.56. The molecule has 1 aromatic rings. The summed E-state index contributed by atoms with van der Waals surface area (Å²) in [5.41, 5.74) is 1.25. The van der Waals surface area contributed by atoms with Gasteiger partial charge in [0.05, 0.1) is 11.3 Å². The van der Waals surface area contributed by atoms with E-state index in [4.69, 9.17) is 5.26 Å². The summed E-state index contributed by atoms with van der Waals surface area (Å²) in [5, 5.41) is 11.8. The van der Waals surface area contributed by atoms with Gasteiger partial charge in [0.2, 0.25) is 0 Å². The third-order valence-electron chi connectivity index (χ3n) is 1.77. The van der Waals surface area contributed by atoms with Crippen LogP contribution in [0.15, 0.2) is 29.2 Å². The molecule has 74 valence electrons. The van der Waals surface area contributed by atoms with Gasteiger partial charge in [0, 0.05) is 11.4 Å². The molecule has 1 aromatic carbocycles. The van der Waals surface area contributed by atoms with E-state index < -0.39 is 0 Å². The molecule has 0 heterocycles. The van der Waals surface area contributed by atoms with Crippen LogP contribution in [0, 0.1) is 11.3 Å². The van der Waals surface area contributed by atoms with Crippen LogP contribution in [0.3, 0.4) is 0 Å². The number of nitrogens with one attached hydrogen (secondary N) is 1. The summed E-state index contributed by atoms with van der Waals surface area (Å²) in [6.07, 6.45) is 0. The summed E-state index contributed by atoms with van der Waals surface area (Å²) >= 11 is 1.59. The highest BCUT2D eigenvalue weighted by Crippen LogP contribution is 2.23. The monoisotopic (exact) mass is 206 g/mol. The van der Waals surface area contributed by atoms with Gasteiger partial charge in [-0.3, -0.25) is 0 Å². The standard InChI is InChI=1S/C11H14N2S/c1-9(7-12)14-11-5-3-4-10(6-11)8-13-2/h3-6,9,13H,8H2,1-2H3. The van der Waals surface area contributed by atoms with Gasteiger partial charge in [0.1, 0.15) is 0 Å². The Bertz CT molecular complexity index is 330. The summed E-state index contributed by atoms with van der Waals surface area (Å²) < 4.78 is 0. The van der Waals surface area contributed by atoms with Crippen LogP contribution < -0.4 is 5.32 Å². The minimum atomic E-state index is 0.0137. The van der Waals surface area contributed by atoms with E-state index in [1.54, 1.807) is 11.8 Å². The molecule has 0 saturated carbocycles. The van der Waals surface area contributed by atoms with Gasteiger partial charge in [-0.25, -0.2) is 0 Å². The first kappa shape index (κ1) is 11.1. The first-order chi connectivity index (χ1) is 6.76. The van der Waals surface area contributed by atoms with Gasteiger partial charge in [-0.05, 0) is 31.7 Å². The number of benzene rings is 1. The maximum absolute atomic E-state index is 8.69. The van der Waals surface area contributed by atoms with Gasteiger partial charge < -0.3 is 5.32 Å². The Hall–Kier alpha value is -0.980. The Morgan fingerprint density at radius 1 is 1.57 bits per heavy atom. The Labute approximate surface area is 89.3 Å². The fourth-order valence-electron chi connectivity index (χ4n) is 1.16. The smallest absolute Gasteiger partial charge is 0.0935 e. The van der Waals surface area contributed by atoms with E-state index in [-0.39, 0.29) is 5.25 Å². The van der Waals surface area contributed by atoms with Crippen molar-refractivity contribution in [3.63, 3.8) is 0 Å². The molecule has 0 fully saturated rings. The van der Waals surface area contributed by atoms with Crippen LogP contribution in [0.5, 0.6) is 0 Å². The normalized spacial score (nSPS) is 12.1. The molecule has 3 heteroatoms. The van der Waals surface area contributed by atoms with Crippen molar-refractivity contribution in [2.75, 3.05) is 7.05 Å². The van der Waals surface area contributed by atoms with Gasteiger partial charge in [-0.15, -0.1) is 11.8 Å². The van der Waals surface area contributed by atoms with Crippen molar-refractivity contribution in [1.29, 1.82) is 5.26 Å². The van der Waals surface area contributed by atoms with Gasteiger partial charge in [-0.1, -0.05) is 12.1 Å². The molecule has 0 bridgehead atoms. The summed E-state index contributed by atoms with van der Waals surface area (Å²) in [4.78, 5) is 1.16. The molecular weight excluding hydrogens is 192 g/mol. The Morgan fingerprint density at radius 3 is 3.00 bits per heavy atom. The molecular formula is C11H14N2S. The fourth-order valence-corrected chi connectivity index (χ4v) is 2.00.